The molecule has 9 heteroatoms. The second-order valence-corrected chi connectivity index (χ2v) is 9.30. The Morgan fingerprint density at radius 1 is 0.946 bits per heavy atom. The van der Waals surface area contributed by atoms with Gasteiger partial charge in [-0.3, -0.25) is 24.8 Å². The highest BCUT2D eigenvalue weighted by atomic mass is 16.1. The Labute approximate surface area is 211 Å². The molecule has 1 amide bonds. The number of aromatic amines is 2. The minimum Gasteiger partial charge on any atom is -0.335 e. The van der Waals surface area contributed by atoms with Gasteiger partial charge in [-0.2, -0.15) is 5.10 Å². The maximum Gasteiger partial charge on any atom is 0.227 e. The molecule has 1 fully saturated rings. The smallest absolute Gasteiger partial charge is 0.227 e. The molecule has 0 unspecified atom stereocenters. The molecule has 0 radical (unpaired) electrons. The van der Waals surface area contributed by atoms with Crippen LogP contribution >= 0.6 is 0 Å². The highest BCUT2D eigenvalue weighted by Crippen LogP contribution is 2.33. The van der Waals surface area contributed by atoms with Gasteiger partial charge < -0.3 is 10.3 Å². The SMILES string of the molecule is O=C(Nc1cncc(-c2ccc3[nH]nc(-c4nc5c(-c6ccccn6)cncc5[nH]4)c3c2)c1)C1CCC1. The molecule has 9 nitrogen and oxygen atoms in total. The maximum atomic E-state index is 12.4. The van der Waals surface area contributed by atoms with Gasteiger partial charge in [-0.05, 0) is 48.7 Å². The van der Waals surface area contributed by atoms with Crippen molar-refractivity contribution in [3.63, 3.8) is 0 Å². The fraction of sp³-hybridized carbons (Fsp3) is 0.143. The Kier molecular flexibility index (Phi) is 4.99. The van der Waals surface area contributed by atoms with E-state index in [1.165, 1.54) is 0 Å². The number of anilines is 1. The van der Waals surface area contributed by atoms with Gasteiger partial charge >= 0.3 is 0 Å². The fourth-order valence-corrected chi connectivity index (χ4v) is 4.71. The molecule has 1 aliphatic rings. The van der Waals surface area contributed by atoms with Crippen LogP contribution < -0.4 is 5.32 Å². The van der Waals surface area contributed by atoms with Gasteiger partial charge in [-0.1, -0.05) is 18.6 Å². The Hall–Kier alpha value is -4.92. The predicted octanol–water partition coefficient (Wildman–Crippen LogP) is 5.36. The number of fused-ring (bicyclic) bond motifs is 2. The third-order valence-corrected chi connectivity index (χ3v) is 6.94. The van der Waals surface area contributed by atoms with E-state index in [0.717, 1.165) is 63.6 Å². The van der Waals surface area contributed by atoms with Gasteiger partial charge in [0, 0.05) is 41.0 Å². The number of amides is 1. The van der Waals surface area contributed by atoms with E-state index in [4.69, 9.17) is 4.98 Å². The van der Waals surface area contributed by atoms with Crippen molar-refractivity contribution >= 4 is 33.5 Å². The number of imidazole rings is 1. The van der Waals surface area contributed by atoms with Crippen molar-refractivity contribution in [3.05, 3.63) is 73.4 Å². The zero-order chi connectivity index (χ0) is 24.8. The number of aromatic nitrogens is 7. The standard InChI is InChI=1S/C28H22N8O/c37-28(16-4-3-5-16)32-19-10-18(12-29-13-19)17-7-8-23-20(11-17)26(36-35-23)27-33-24-15-30-14-21(25(24)34-27)22-6-1-2-9-31-22/h1-2,6-16H,3-5H2,(H,32,37)(H,33,34)(H,35,36). The topological polar surface area (TPSA) is 125 Å². The van der Waals surface area contributed by atoms with E-state index >= 15 is 0 Å². The molecule has 0 atom stereocenters. The molecule has 7 rings (SSSR count). The average molecular weight is 487 g/mol. The molecule has 180 valence electrons. The molecular weight excluding hydrogens is 464 g/mol. The van der Waals surface area contributed by atoms with E-state index in [1.54, 1.807) is 31.0 Å². The van der Waals surface area contributed by atoms with Gasteiger partial charge in [-0.25, -0.2) is 4.98 Å². The van der Waals surface area contributed by atoms with Gasteiger partial charge in [0.1, 0.15) is 11.2 Å². The molecule has 6 aromatic rings. The summed E-state index contributed by atoms with van der Waals surface area (Å²) in [5, 5.41) is 11.6. The van der Waals surface area contributed by atoms with Crippen molar-refractivity contribution in [1.29, 1.82) is 0 Å². The first-order valence-electron chi connectivity index (χ1n) is 12.2. The third-order valence-electron chi connectivity index (χ3n) is 6.94. The molecule has 0 saturated heterocycles. The minimum absolute atomic E-state index is 0.0715. The van der Waals surface area contributed by atoms with Crippen LogP contribution in [0.4, 0.5) is 5.69 Å². The van der Waals surface area contributed by atoms with Crippen LogP contribution in [0.15, 0.2) is 73.4 Å². The summed E-state index contributed by atoms with van der Waals surface area (Å²) in [5.74, 6) is 0.830. The number of hydrogen-bond acceptors (Lipinski definition) is 6. The van der Waals surface area contributed by atoms with E-state index in [9.17, 15) is 4.79 Å². The van der Waals surface area contributed by atoms with Crippen molar-refractivity contribution < 1.29 is 4.79 Å². The number of carbonyl (C=O) groups excluding carboxylic acids is 1. The zero-order valence-electron chi connectivity index (χ0n) is 19.8. The summed E-state index contributed by atoms with van der Waals surface area (Å²) in [4.78, 5) is 33.9. The van der Waals surface area contributed by atoms with Gasteiger partial charge in [0.25, 0.3) is 0 Å². The van der Waals surface area contributed by atoms with Crippen molar-refractivity contribution in [3.8, 4) is 33.9 Å². The number of benzene rings is 1. The summed E-state index contributed by atoms with van der Waals surface area (Å²) in [6.45, 7) is 0. The average Bonchev–Trinajstić information content (AvgIpc) is 3.52. The zero-order valence-corrected chi connectivity index (χ0v) is 19.8. The third kappa shape index (κ3) is 3.81. The lowest BCUT2D eigenvalue weighted by Gasteiger charge is -2.24. The maximum absolute atomic E-state index is 12.4. The lowest BCUT2D eigenvalue weighted by atomic mass is 9.85. The summed E-state index contributed by atoms with van der Waals surface area (Å²) in [6.07, 6.45) is 11.8. The van der Waals surface area contributed by atoms with Gasteiger partial charge in [0.2, 0.25) is 5.91 Å². The quantitative estimate of drug-likeness (QED) is 0.301. The summed E-state index contributed by atoms with van der Waals surface area (Å²) in [7, 11) is 0. The second-order valence-electron chi connectivity index (χ2n) is 9.30. The number of nitrogens with zero attached hydrogens (tertiary/aromatic N) is 5. The monoisotopic (exact) mass is 486 g/mol. The first-order valence-corrected chi connectivity index (χ1v) is 12.2. The molecule has 5 aromatic heterocycles. The number of hydrogen-bond donors (Lipinski definition) is 3. The van der Waals surface area contributed by atoms with E-state index in [2.05, 4.69) is 41.5 Å². The fourth-order valence-electron chi connectivity index (χ4n) is 4.71. The second kappa shape index (κ2) is 8.63. The summed E-state index contributed by atoms with van der Waals surface area (Å²) >= 11 is 0. The van der Waals surface area contributed by atoms with Gasteiger partial charge in [-0.15, -0.1) is 0 Å². The van der Waals surface area contributed by atoms with E-state index in [-0.39, 0.29) is 11.8 Å². The summed E-state index contributed by atoms with van der Waals surface area (Å²) in [6, 6.07) is 13.8. The van der Waals surface area contributed by atoms with Crippen molar-refractivity contribution in [1.82, 2.24) is 35.1 Å². The number of pyridine rings is 3. The molecule has 3 N–H and O–H groups in total. The Morgan fingerprint density at radius 3 is 2.70 bits per heavy atom. The highest BCUT2D eigenvalue weighted by molar-refractivity contribution is 5.98. The number of H-pyrrole nitrogens is 2. The predicted molar refractivity (Wildman–Crippen MR) is 141 cm³/mol. The number of rotatable bonds is 5. The highest BCUT2D eigenvalue weighted by Gasteiger charge is 2.25. The number of nitrogens with one attached hydrogen (secondary N) is 3. The molecule has 1 saturated carbocycles. The Balaban J connectivity index is 1.26. The normalized spacial score (nSPS) is 13.6. The first kappa shape index (κ1) is 21.4. The molecule has 1 aromatic carbocycles. The molecule has 1 aliphatic carbocycles. The molecule has 0 bridgehead atoms. The van der Waals surface area contributed by atoms with Crippen molar-refractivity contribution in [2.24, 2.45) is 5.92 Å². The molecule has 0 spiro atoms. The van der Waals surface area contributed by atoms with Crippen LogP contribution in [0.1, 0.15) is 19.3 Å². The van der Waals surface area contributed by atoms with Gasteiger partial charge in [0.05, 0.1) is 34.8 Å². The lowest BCUT2D eigenvalue weighted by Crippen LogP contribution is -2.28. The van der Waals surface area contributed by atoms with Crippen LogP contribution in [0.25, 0.3) is 55.8 Å². The van der Waals surface area contributed by atoms with Gasteiger partial charge in [0.15, 0.2) is 5.82 Å². The van der Waals surface area contributed by atoms with E-state index in [0.29, 0.717) is 17.2 Å². The van der Waals surface area contributed by atoms with Crippen molar-refractivity contribution in [2.45, 2.75) is 19.3 Å². The van der Waals surface area contributed by atoms with E-state index < -0.39 is 0 Å². The molecular formula is C28H22N8O. The minimum atomic E-state index is 0.0715. The largest absolute Gasteiger partial charge is 0.335 e. The lowest BCUT2D eigenvalue weighted by molar-refractivity contribution is -0.122. The number of carbonyl (C=O) groups is 1. The van der Waals surface area contributed by atoms with E-state index in [1.807, 2.05) is 36.4 Å². The summed E-state index contributed by atoms with van der Waals surface area (Å²) in [5.41, 5.74) is 7.44. The van der Waals surface area contributed by atoms with Crippen LogP contribution in [0, 0.1) is 5.92 Å². The summed E-state index contributed by atoms with van der Waals surface area (Å²) < 4.78 is 0. The Bertz CT molecular complexity index is 1770. The van der Waals surface area contributed by atoms with Crippen LogP contribution in [0.5, 0.6) is 0 Å². The van der Waals surface area contributed by atoms with Crippen LogP contribution in [0.3, 0.4) is 0 Å². The van der Waals surface area contributed by atoms with Crippen LogP contribution in [-0.4, -0.2) is 41.0 Å². The van der Waals surface area contributed by atoms with Crippen LogP contribution in [-0.2, 0) is 4.79 Å². The molecule has 0 aliphatic heterocycles. The van der Waals surface area contributed by atoms with Crippen LogP contribution in [0.2, 0.25) is 0 Å². The van der Waals surface area contributed by atoms with Crippen molar-refractivity contribution in [2.75, 3.05) is 5.32 Å². The first-order chi connectivity index (χ1) is 18.2. The molecule has 37 heavy (non-hydrogen) atoms. The Morgan fingerprint density at radius 2 is 1.86 bits per heavy atom. The molecule has 5 heterocycles.